The van der Waals surface area contributed by atoms with E-state index < -0.39 is 0 Å². The van der Waals surface area contributed by atoms with Gasteiger partial charge in [-0.1, -0.05) is 0 Å². The molecule has 0 aliphatic carbocycles. The summed E-state index contributed by atoms with van der Waals surface area (Å²) in [5.41, 5.74) is 0.667. The number of hydrogen-bond acceptors (Lipinski definition) is 3. The van der Waals surface area contributed by atoms with E-state index in [2.05, 4.69) is 26.2 Å². The van der Waals surface area contributed by atoms with E-state index in [4.69, 9.17) is 0 Å². The lowest BCUT2D eigenvalue weighted by Crippen LogP contribution is -2.32. The number of amides is 1. The van der Waals surface area contributed by atoms with Gasteiger partial charge in [0.1, 0.15) is 4.60 Å². The number of carbonyl (C=O) groups is 1. The zero-order chi connectivity index (χ0) is 11.8. The van der Waals surface area contributed by atoms with Crippen molar-refractivity contribution in [3.63, 3.8) is 0 Å². The third-order valence-electron chi connectivity index (χ3n) is 3.67. The first-order chi connectivity index (χ1) is 8.25. The fourth-order valence-electron chi connectivity index (χ4n) is 2.74. The van der Waals surface area contributed by atoms with Crippen molar-refractivity contribution in [3.8, 4) is 0 Å². The summed E-state index contributed by atoms with van der Waals surface area (Å²) < 4.78 is 0.639. The minimum Gasteiger partial charge on any atom is -0.338 e. The van der Waals surface area contributed by atoms with Crippen LogP contribution >= 0.6 is 15.9 Å². The second-order valence-electron chi connectivity index (χ2n) is 4.73. The average molecular weight is 296 g/mol. The van der Waals surface area contributed by atoms with E-state index in [1.807, 2.05) is 11.0 Å². The first kappa shape index (κ1) is 11.2. The Morgan fingerprint density at radius 1 is 1.41 bits per heavy atom. The molecule has 0 bridgehead atoms. The van der Waals surface area contributed by atoms with Gasteiger partial charge in [-0.3, -0.25) is 4.79 Å². The molecule has 1 amide bonds. The van der Waals surface area contributed by atoms with Gasteiger partial charge in [-0.2, -0.15) is 0 Å². The number of aromatic nitrogens is 1. The summed E-state index contributed by atoms with van der Waals surface area (Å²) >= 11 is 3.33. The molecule has 0 aromatic carbocycles. The number of pyridine rings is 1. The molecule has 90 valence electrons. The van der Waals surface area contributed by atoms with Gasteiger partial charge >= 0.3 is 0 Å². The molecule has 3 rings (SSSR count). The molecule has 1 aromatic heterocycles. The lowest BCUT2D eigenvalue weighted by atomic mass is 10.0. The molecule has 2 saturated heterocycles. The van der Waals surface area contributed by atoms with Crippen LogP contribution < -0.4 is 5.32 Å². The normalized spacial score (nSPS) is 27.2. The van der Waals surface area contributed by atoms with E-state index in [0.717, 1.165) is 26.2 Å². The molecular weight excluding hydrogens is 282 g/mol. The molecule has 2 aliphatic heterocycles. The van der Waals surface area contributed by atoms with Crippen LogP contribution in [-0.4, -0.2) is 42.0 Å². The van der Waals surface area contributed by atoms with Crippen LogP contribution in [0.5, 0.6) is 0 Å². The maximum absolute atomic E-state index is 12.3. The molecule has 0 radical (unpaired) electrons. The number of carbonyl (C=O) groups excluding carboxylic acids is 1. The van der Waals surface area contributed by atoms with Crippen LogP contribution in [0.2, 0.25) is 0 Å². The van der Waals surface area contributed by atoms with Crippen LogP contribution in [-0.2, 0) is 0 Å². The Morgan fingerprint density at radius 3 is 2.76 bits per heavy atom. The first-order valence-corrected chi connectivity index (χ1v) is 6.65. The van der Waals surface area contributed by atoms with Crippen molar-refractivity contribution in [3.05, 3.63) is 28.5 Å². The summed E-state index contributed by atoms with van der Waals surface area (Å²) in [4.78, 5) is 18.4. The number of hydrogen-bond donors (Lipinski definition) is 1. The molecule has 1 aromatic rings. The van der Waals surface area contributed by atoms with Crippen molar-refractivity contribution in [2.24, 2.45) is 11.8 Å². The maximum atomic E-state index is 12.3. The Kier molecular flexibility index (Phi) is 2.88. The van der Waals surface area contributed by atoms with Crippen LogP contribution in [0.1, 0.15) is 10.4 Å². The SMILES string of the molecule is O=C(c1cccnc1Br)N1CC2CNCC2C1. The summed E-state index contributed by atoms with van der Waals surface area (Å²) in [5, 5.41) is 3.38. The second-order valence-corrected chi connectivity index (χ2v) is 5.48. The predicted molar refractivity (Wildman–Crippen MR) is 67.7 cm³/mol. The van der Waals surface area contributed by atoms with Gasteiger partial charge < -0.3 is 10.2 Å². The van der Waals surface area contributed by atoms with Crippen LogP contribution in [0.4, 0.5) is 0 Å². The van der Waals surface area contributed by atoms with Crippen LogP contribution in [0.15, 0.2) is 22.9 Å². The number of fused-ring (bicyclic) bond motifs is 1. The fourth-order valence-corrected chi connectivity index (χ4v) is 3.16. The van der Waals surface area contributed by atoms with E-state index >= 15 is 0 Å². The number of nitrogens with one attached hydrogen (secondary N) is 1. The van der Waals surface area contributed by atoms with Crippen LogP contribution in [0.25, 0.3) is 0 Å². The van der Waals surface area contributed by atoms with Gasteiger partial charge in [-0.15, -0.1) is 0 Å². The molecule has 17 heavy (non-hydrogen) atoms. The monoisotopic (exact) mass is 295 g/mol. The molecule has 2 aliphatic rings. The molecule has 4 nitrogen and oxygen atoms in total. The van der Waals surface area contributed by atoms with Gasteiger partial charge in [0.15, 0.2) is 0 Å². The number of likely N-dealkylation sites (tertiary alicyclic amines) is 1. The van der Waals surface area contributed by atoms with Gasteiger partial charge in [-0.05, 0) is 39.9 Å². The van der Waals surface area contributed by atoms with Crippen molar-refractivity contribution in [2.45, 2.75) is 0 Å². The Labute approximate surface area is 109 Å². The summed E-state index contributed by atoms with van der Waals surface area (Å²) in [7, 11) is 0. The topological polar surface area (TPSA) is 45.2 Å². The molecule has 2 unspecified atom stereocenters. The van der Waals surface area contributed by atoms with Gasteiger partial charge in [0.2, 0.25) is 0 Å². The molecular formula is C12H14BrN3O. The Hall–Kier alpha value is -0.940. The number of nitrogens with zero attached hydrogens (tertiary/aromatic N) is 2. The highest BCUT2D eigenvalue weighted by Gasteiger charge is 2.38. The second kappa shape index (κ2) is 4.38. The third-order valence-corrected chi connectivity index (χ3v) is 4.30. The van der Waals surface area contributed by atoms with E-state index in [1.54, 1.807) is 12.3 Å². The standard InChI is InChI=1S/C12H14BrN3O/c13-11-10(2-1-3-15-11)12(17)16-6-8-4-14-5-9(8)7-16/h1-3,8-9,14H,4-7H2. The summed E-state index contributed by atoms with van der Waals surface area (Å²) in [5.74, 6) is 1.36. The zero-order valence-corrected chi connectivity index (χ0v) is 11.0. The molecule has 1 N–H and O–H groups in total. The van der Waals surface area contributed by atoms with Crippen molar-refractivity contribution < 1.29 is 4.79 Å². The van der Waals surface area contributed by atoms with Crippen LogP contribution in [0, 0.1) is 11.8 Å². The molecule has 3 heterocycles. The highest BCUT2D eigenvalue weighted by Crippen LogP contribution is 2.28. The highest BCUT2D eigenvalue weighted by atomic mass is 79.9. The Balaban J connectivity index is 1.78. The van der Waals surface area contributed by atoms with Crippen molar-refractivity contribution in [1.82, 2.24) is 15.2 Å². The summed E-state index contributed by atoms with van der Waals surface area (Å²) in [6, 6.07) is 3.63. The van der Waals surface area contributed by atoms with Crippen LogP contribution in [0.3, 0.4) is 0 Å². The lowest BCUT2D eigenvalue weighted by molar-refractivity contribution is 0.0780. The number of rotatable bonds is 1. The van der Waals surface area contributed by atoms with E-state index in [0.29, 0.717) is 22.0 Å². The van der Waals surface area contributed by atoms with Crippen molar-refractivity contribution in [2.75, 3.05) is 26.2 Å². The lowest BCUT2D eigenvalue weighted by Gasteiger charge is -2.17. The maximum Gasteiger partial charge on any atom is 0.256 e. The summed E-state index contributed by atoms with van der Waals surface area (Å²) in [6.07, 6.45) is 1.68. The van der Waals surface area contributed by atoms with E-state index in [9.17, 15) is 4.79 Å². The Bertz CT molecular complexity index is 439. The van der Waals surface area contributed by atoms with E-state index in [-0.39, 0.29) is 5.91 Å². The molecule has 2 atom stereocenters. The molecule has 5 heteroatoms. The van der Waals surface area contributed by atoms with Gasteiger partial charge in [0, 0.05) is 32.4 Å². The largest absolute Gasteiger partial charge is 0.338 e. The minimum atomic E-state index is 0.0966. The zero-order valence-electron chi connectivity index (χ0n) is 9.40. The quantitative estimate of drug-likeness (QED) is 0.790. The van der Waals surface area contributed by atoms with Gasteiger partial charge in [0.25, 0.3) is 5.91 Å². The van der Waals surface area contributed by atoms with Gasteiger partial charge in [0.05, 0.1) is 5.56 Å². The van der Waals surface area contributed by atoms with Crippen molar-refractivity contribution in [1.29, 1.82) is 0 Å². The molecule has 0 spiro atoms. The first-order valence-electron chi connectivity index (χ1n) is 5.86. The predicted octanol–water partition coefficient (Wildman–Crippen LogP) is 1.14. The highest BCUT2D eigenvalue weighted by molar-refractivity contribution is 9.10. The smallest absolute Gasteiger partial charge is 0.256 e. The third kappa shape index (κ3) is 1.98. The molecule has 0 saturated carbocycles. The average Bonchev–Trinajstić information content (AvgIpc) is 2.88. The minimum absolute atomic E-state index is 0.0966. The summed E-state index contributed by atoms with van der Waals surface area (Å²) in [6.45, 7) is 3.83. The number of halogens is 1. The molecule has 2 fully saturated rings. The van der Waals surface area contributed by atoms with E-state index in [1.165, 1.54) is 0 Å². The fraction of sp³-hybridized carbons (Fsp3) is 0.500. The van der Waals surface area contributed by atoms with Crippen molar-refractivity contribution >= 4 is 21.8 Å². The van der Waals surface area contributed by atoms with Gasteiger partial charge in [-0.25, -0.2) is 4.98 Å². The Morgan fingerprint density at radius 2 is 2.12 bits per heavy atom.